The van der Waals surface area contributed by atoms with Crippen molar-refractivity contribution in [3.8, 4) is 0 Å². The molecule has 1 aromatic heterocycles. The van der Waals surface area contributed by atoms with E-state index < -0.39 is 0 Å². The maximum absolute atomic E-state index is 5.92. The van der Waals surface area contributed by atoms with Crippen molar-refractivity contribution in [2.45, 2.75) is 49.3 Å². The van der Waals surface area contributed by atoms with E-state index in [1.54, 1.807) is 0 Å². The molecule has 0 aliphatic heterocycles. The van der Waals surface area contributed by atoms with Gasteiger partial charge in [-0.1, -0.05) is 19.3 Å². The fourth-order valence-corrected chi connectivity index (χ4v) is 3.26. The van der Waals surface area contributed by atoms with Crippen LogP contribution in [-0.4, -0.2) is 10.2 Å². The fraction of sp³-hybridized carbons (Fsp3) is 0.583. The summed E-state index contributed by atoms with van der Waals surface area (Å²) in [6, 6.07) is 3.94. The van der Waals surface area contributed by atoms with Gasteiger partial charge in [0.25, 0.3) is 0 Å². The van der Waals surface area contributed by atoms with Gasteiger partial charge in [0.2, 0.25) is 0 Å². The summed E-state index contributed by atoms with van der Waals surface area (Å²) in [5, 5.41) is 1.76. The summed E-state index contributed by atoms with van der Waals surface area (Å²) in [5.74, 6) is 0. The van der Waals surface area contributed by atoms with E-state index in [0.717, 1.165) is 21.7 Å². The molecule has 2 rings (SSSR count). The number of nitrogens with two attached hydrogens (primary N) is 1. The van der Waals surface area contributed by atoms with Crippen molar-refractivity contribution in [3.63, 3.8) is 0 Å². The van der Waals surface area contributed by atoms with Gasteiger partial charge in [0, 0.05) is 10.9 Å². The Morgan fingerprint density at radius 1 is 1.27 bits per heavy atom. The Hall–Kier alpha value is -0.700. The molecule has 0 spiro atoms. The Labute approximate surface area is 95.7 Å². The quantitative estimate of drug-likeness (QED) is 0.833. The zero-order chi connectivity index (χ0) is 10.7. The Morgan fingerprint density at radius 3 is 2.73 bits per heavy atom. The molecular weight excluding hydrogens is 204 g/mol. The van der Waals surface area contributed by atoms with E-state index in [2.05, 4.69) is 4.98 Å². The second-order valence-corrected chi connectivity index (χ2v) is 5.51. The van der Waals surface area contributed by atoms with E-state index in [4.69, 9.17) is 5.73 Å². The molecule has 0 bridgehead atoms. The van der Waals surface area contributed by atoms with Crippen molar-refractivity contribution in [2.75, 3.05) is 5.73 Å². The number of anilines is 1. The van der Waals surface area contributed by atoms with Gasteiger partial charge >= 0.3 is 0 Å². The normalized spacial score (nSPS) is 17.9. The monoisotopic (exact) mass is 222 g/mol. The first kappa shape index (κ1) is 10.8. The number of rotatable bonds is 2. The van der Waals surface area contributed by atoms with Crippen LogP contribution in [0.25, 0.3) is 0 Å². The van der Waals surface area contributed by atoms with E-state index in [0.29, 0.717) is 0 Å². The van der Waals surface area contributed by atoms with E-state index in [-0.39, 0.29) is 0 Å². The maximum atomic E-state index is 5.92. The molecule has 0 unspecified atom stereocenters. The highest BCUT2D eigenvalue weighted by molar-refractivity contribution is 8.00. The van der Waals surface area contributed by atoms with Crippen molar-refractivity contribution in [2.24, 2.45) is 0 Å². The third-order valence-corrected chi connectivity index (χ3v) is 4.21. The van der Waals surface area contributed by atoms with Crippen molar-refractivity contribution < 1.29 is 0 Å². The van der Waals surface area contributed by atoms with Crippen LogP contribution >= 0.6 is 11.8 Å². The van der Waals surface area contributed by atoms with E-state index in [1.807, 2.05) is 30.8 Å². The molecule has 1 fully saturated rings. The number of nitrogens with zero attached hydrogens (tertiary/aromatic N) is 1. The zero-order valence-electron chi connectivity index (χ0n) is 9.20. The molecule has 3 heteroatoms. The van der Waals surface area contributed by atoms with Crippen LogP contribution in [-0.2, 0) is 0 Å². The number of pyridine rings is 1. The molecule has 1 heterocycles. The van der Waals surface area contributed by atoms with Crippen LogP contribution in [0.2, 0.25) is 0 Å². The van der Waals surface area contributed by atoms with Gasteiger partial charge in [0.1, 0.15) is 5.03 Å². The molecule has 0 saturated heterocycles. The molecular formula is C12H18N2S. The number of aryl methyl sites for hydroxylation is 1. The maximum Gasteiger partial charge on any atom is 0.119 e. The van der Waals surface area contributed by atoms with Gasteiger partial charge in [-0.3, -0.25) is 0 Å². The highest BCUT2D eigenvalue weighted by Gasteiger charge is 2.16. The minimum absolute atomic E-state index is 0.732. The SMILES string of the molecule is Cc1ccc(N)c(SC2CCCCC2)n1. The number of nitrogen functional groups attached to an aromatic ring is 1. The third kappa shape index (κ3) is 2.88. The minimum Gasteiger partial charge on any atom is -0.397 e. The van der Waals surface area contributed by atoms with Crippen LogP contribution in [0, 0.1) is 6.92 Å². The molecule has 0 aromatic carbocycles. The Morgan fingerprint density at radius 2 is 2.00 bits per heavy atom. The lowest BCUT2D eigenvalue weighted by molar-refractivity contribution is 0.516. The van der Waals surface area contributed by atoms with Crippen molar-refractivity contribution in [3.05, 3.63) is 17.8 Å². The standard InChI is InChI=1S/C12H18N2S/c1-9-7-8-11(13)12(14-9)15-10-5-3-2-4-6-10/h7-8,10H,2-6,13H2,1H3. The second-order valence-electron chi connectivity index (χ2n) is 4.22. The summed E-state index contributed by atoms with van der Waals surface area (Å²) in [7, 11) is 0. The summed E-state index contributed by atoms with van der Waals surface area (Å²) in [4.78, 5) is 4.50. The molecule has 82 valence electrons. The van der Waals surface area contributed by atoms with Crippen LogP contribution in [0.5, 0.6) is 0 Å². The minimum atomic E-state index is 0.732. The van der Waals surface area contributed by atoms with E-state index >= 15 is 0 Å². The Kier molecular flexibility index (Phi) is 3.52. The third-order valence-electron chi connectivity index (χ3n) is 2.86. The molecule has 0 radical (unpaired) electrons. The van der Waals surface area contributed by atoms with Gasteiger partial charge in [-0.2, -0.15) is 0 Å². The predicted octanol–water partition coefficient (Wildman–Crippen LogP) is 3.40. The molecule has 2 N–H and O–H groups in total. The van der Waals surface area contributed by atoms with E-state index in [9.17, 15) is 0 Å². The number of hydrogen-bond acceptors (Lipinski definition) is 3. The predicted molar refractivity (Wildman–Crippen MR) is 66.1 cm³/mol. The summed E-state index contributed by atoms with van der Waals surface area (Å²) in [6.07, 6.45) is 6.76. The summed E-state index contributed by atoms with van der Waals surface area (Å²) < 4.78 is 0. The number of aromatic nitrogens is 1. The van der Waals surface area contributed by atoms with Gasteiger partial charge in [-0.05, 0) is 31.9 Å². The molecule has 0 atom stereocenters. The highest BCUT2D eigenvalue weighted by atomic mass is 32.2. The van der Waals surface area contributed by atoms with Crippen LogP contribution in [0.4, 0.5) is 5.69 Å². The highest BCUT2D eigenvalue weighted by Crippen LogP contribution is 2.35. The first-order chi connectivity index (χ1) is 7.25. The van der Waals surface area contributed by atoms with Crippen LogP contribution < -0.4 is 5.73 Å². The Bertz CT molecular complexity index is 332. The average molecular weight is 222 g/mol. The number of thioether (sulfide) groups is 1. The molecule has 1 aliphatic rings. The van der Waals surface area contributed by atoms with Crippen molar-refractivity contribution >= 4 is 17.4 Å². The molecule has 1 saturated carbocycles. The van der Waals surface area contributed by atoms with Crippen molar-refractivity contribution in [1.29, 1.82) is 0 Å². The number of hydrogen-bond donors (Lipinski definition) is 1. The average Bonchev–Trinajstić information content (AvgIpc) is 2.25. The first-order valence-electron chi connectivity index (χ1n) is 5.65. The lowest BCUT2D eigenvalue weighted by atomic mass is 10.0. The van der Waals surface area contributed by atoms with Gasteiger partial charge in [0.15, 0.2) is 0 Å². The summed E-state index contributed by atoms with van der Waals surface area (Å²) >= 11 is 1.87. The van der Waals surface area contributed by atoms with E-state index in [1.165, 1.54) is 32.1 Å². The topological polar surface area (TPSA) is 38.9 Å². The zero-order valence-corrected chi connectivity index (χ0v) is 10.0. The Balaban J connectivity index is 2.05. The van der Waals surface area contributed by atoms with Gasteiger partial charge in [-0.25, -0.2) is 4.98 Å². The van der Waals surface area contributed by atoms with Gasteiger partial charge in [0.05, 0.1) is 5.69 Å². The van der Waals surface area contributed by atoms with Crippen LogP contribution in [0.3, 0.4) is 0 Å². The molecule has 15 heavy (non-hydrogen) atoms. The lowest BCUT2D eigenvalue weighted by Crippen LogP contribution is -2.09. The second kappa shape index (κ2) is 4.88. The smallest absolute Gasteiger partial charge is 0.119 e. The fourth-order valence-electron chi connectivity index (χ4n) is 1.98. The summed E-state index contributed by atoms with van der Waals surface area (Å²) in [5.41, 5.74) is 7.81. The van der Waals surface area contributed by atoms with Crippen LogP contribution in [0.15, 0.2) is 17.2 Å². The molecule has 0 amide bonds. The van der Waals surface area contributed by atoms with Gasteiger partial charge in [-0.15, -0.1) is 11.8 Å². The molecule has 1 aromatic rings. The van der Waals surface area contributed by atoms with Crippen LogP contribution in [0.1, 0.15) is 37.8 Å². The first-order valence-corrected chi connectivity index (χ1v) is 6.53. The van der Waals surface area contributed by atoms with Crippen molar-refractivity contribution in [1.82, 2.24) is 4.98 Å². The molecule has 2 nitrogen and oxygen atoms in total. The molecule has 1 aliphatic carbocycles. The largest absolute Gasteiger partial charge is 0.397 e. The van der Waals surface area contributed by atoms with Gasteiger partial charge < -0.3 is 5.73 Å². The summed E-state index contributed by atoms with van der Waals surface area (Å²) in [6.45, 7) is 2.02. The lowest BCUT2D eigenvalue weighted by Gasteiger charge is -2.21.